The van der Waals surface area contributed by atoms with E-state index in [0.29, 0.717) is 21.4 Å². The fourth-order valence-corrected chi connectivity index (χ4v) is 1.96. The molecule has 0 aliphatic rings. The van der Waals surface area contributed by atoms with Crippen LogP contribution in [0.2, 0.25) is 0 Å². The van der Waals surface area contributed by atoms with Crippen molar-refractivity contribution >= 4 is 21.7 Å². The molecule has 0 amide bonds. The number of carbonyl (C=O) groups is 1. The third kappa shape index (κ3) is 2.46. The van der Waals surface area contributed by atoms with E-state index < -0.39 is 5.82 Å². The van der Waals surface area contributed by atoms with Crippen LogP contribution in [0.25, 0.3) is 0 Å². The highest BCUT2D eigenvalue weighted by atomic mass is 79.9. The molecule has 2 aromatic rings. The van der Waals surface area contributed by atoms with Crippen molar-refractivity contribution in [3.63, 3.8) is 0 Å². The lowest BCUT2D eigenvalue weighted by Gasteiger charge is -2.06. The standard InChI is InChI=1S/C13H10BrFN2O/c1-7-5-10(8(2)17-16-7)13(18)11-6-9(14)3-4-12(11)15/h3-6H,1-2H3. The number of ketones is 1. The second-order valence-electron chi connectivity index (χ2n) is 3.94. The van der Waals surface area contributed by atoms with Crippen LogP contribution in [0.15, 0.2) is 28.7 Å². The van der Waals surface area contributed by atoms with Gasteiger partial charge in [0.25, 0.3) is 0 Å². The van der Waals surface area contributed by atoms with E-state index in [-0.39, 0.29) is 11.3 Å². The molecule has 0 unspecified atom stereocenters. The molecule has 0 spiro atoms. The van der Waals surface area contributed by atoms with E-state index in [0.717, 1.165) is 0 Å². The Morgan fingerprint density at radius 2 is 1.89 bits per heavy atom. The number of aryl methyl sites for hydroxylation is 2. The van der Waals surface area contributed by atoms with Crippen molar-refractivity contribution in [1.29, 1.82) is 0 Å². The van der Waals surface area contributed by atoms with E-state index in [9.17, 15) is 9.18 Å². The van der Waals surface area contributed by atoms with Crippen molar-refractivity contribution in [3.05, 3.63) is 57.1 Å². The van der Waals surface area contributed by atoms with Crippen molar-refractivity contribution in [1.82, 2.24) is 10.2 Å². The molecule has 3 nitrogen and oxygen atoms in total. The minimum atomic E-state index is -0.544. The van der Waals surface area contributed by atoms with Crippen LogP contribution in [0.4, 0.5) is 4.39 Å². The van der Waals surface area contributed by atoms with Gasteiger partial charge in [-0.1, -0.05) is 15.9 Å². The van der Waals surface area contributed by atoms with Gasteiger partial charge in [0.2, 0.25) is 0 Å². The van der Waals surface area contributed by atoms with E-state index in [4.69, 9.17) is 0 Å². The fraction of sp³-hybridized carbons (Fsp3) is 0.154. The second-order valence-corrected chi connectivity index (χ2v) is 4.85. The topological polar surface area (TPSA) is 42.9 Å². The summed E-state index contributed by atoms with van der Waals surface area (Å²) >= 11 is 3.22. The molecule has 1 aromatic heterocycles. The molecular formula is C13H10BrFN2O. The second kappa shape index (κ2) is 4.94. The average molecular weight is 309 g/mol. The minimum Gasteiger partial charge on any atom is -0.288 e. The molecule has 2 rings (SSSR count). The number of carbonyl (C=O) groups excluding carboxylic acids is 1. The molecule has 0 saturated heterocycles. The summed E-state index contributed by atoms with van der Waals surface area (Å²) in [7, 11) is 0. The number of rotatable bonds is 2. The molecule has 0 N–H and O–H groups in total. The zero-order valence-electron chi connectivity index (χ0n) is 9.87. The Bertz CT molecular complexity index is 575. The number of halogens is 2. The van der Waals surface area contributed by atoms with Crippen LogP contribution in [-0.2, 0) is 0 Å². The average Bonchev–Trinajstić information content (AvgIpc) is 2.34. The van der Waals surface area contributed by atoms with Gasteiger partial charge in [0.05, 0.1) is 17.0 Å². The van der Waals surface area contributed by atoms with Crippen molar-refractivity contribution in [2.24, 2.45) is 0 Å². The molecule has 5 heteroatoms. The summed E-state index contributed by atoms with van der Waals surface area (Å²) in [4.78, 5) is 12.3. The summed E-state index contributed by atoms with van der Waals surface area (Å²) in [6, 6.07) is 5.89. The Hall–Kier alpha value is -1.62. The lowest BCUT2D eigenvalue weighted by molar-refractivity contribution is 0.103. The molecule has 92 valence electrons. The first-order valence-electron chi connectivity index (χ1n) is 5.29. The third-order valence-corrected chi connectivity index (χ3v) is 3.01. The summed E-state index contributed by atoms with van der Waals surface area (Å²) < 4.78 is 14.3. The van der Waals surface area contributed by atoms with Crippen LogP contribution >= 0.6 is 15.9 Å². The van der Waals surface area contributed by atoms with Gasteiger partial charge >= 0.3 is 0 Å². The van der Waals surface area contributed by atoms with Gasteiger partial charge in [-0.2, -0.15) is 10.2 Å². The van der Waals surface area contributed by atoms with Crippen LogP contribution in [0.3, 0.4) is 0 Å². The Kier molecular flexibility index (Phi) is 3.52. The first kappa shape index (κ1) is 12.8. The maximum Gasteiger partial charge on any atom is 0.197 e. The highest BCUT2D eigenvalue weighted by Gasteiger charge is 2.17. The zero-order chi connectivity index (χ0) is 13.3. The van der Waals surface area contributed by atoms with Crippen molar-refractivity contribution < 1.29 is 9.18 Å². The van der Waals surface area contributed by atoms with Gasteiger partial charge in [-0.25, -0.2) is 4.39 Å². The molecule has 0 atom stereocenters. The molecule has 1 heterocycles. The van der Waals surface area contributed by atoms with Crippen LogP contribution < -0.4 is 0 Å². The summed E-state index contributed by atoms with van der Waals surface area (Å²) in [6.45, 7) is 3.41. The number of nitrogens with zero attached hydrogens (tertiary/aromatic N) is 2. The quantitative estimate of drug-likeness (QED) is 0.800. The van der Waals surface area contributed by atoms with Gasteiger partial charge in [0.1, 0.15) is 5.82 Å². The van der Waals surface area contributed by atoms with Gasteiger partial charge in [0, 0.05) is 10.0 Å². The zero-order valence-corrected chi connectivity index (χ0v) is 11.5. The molecule has 18 heavy (non-hydrogen) atoms. The molecular weight excluding hydrogens is 299 g/mol. The predicted octanol–water partition coefficient (Wildman–Crippen LogP) is 3.23. The summed E-state index contributed by atoms with van der Waals surface area (Å²) in [5.74, 6) is -0.929. The highest BCUT2D eigenvalue weighted by molar-refractivity contribution is 9.10. The molecule has 0 saturated carbocycles. The largest absolute Gasteiger partial charge is 0.288 e. The lowest BCUT2D eigenvalue weighted by atomic mass is 10.0. The third-order valence-electron chi connectivity index (χ3n) is 2.52. The number of benzene rings is 1. The first-order chi connectivity index (χ1) is 8.49. The monoisotopic (exact) mass is 308 g/mol. The van der Waals surface area contributed by atoms with Crippen LogP contribution in [0.5, 0.6) is 0 Å². The van der Waals surface area contributed by atoms with E-state index >= 15 is 0 Å². The molecule has 0 radical (unpaired) electrons. The van der Waals surface area contributed by atoms with Gasteiger partial charge in [-0.05, 0) is 38.1 Å². The van der Waals surface area contributed by atoms with E-state index in [2.05, 4.69) is 26.1 Å². The maximum atomic E-state index is 13.7. The fourth-order valence-electron chi connectivity index (χ4n) is 1.60. The van der Waals surface area contributed by atoms with Gasteiger partial charge in [-0.15, -0.1) is 0 Å². The van der Waals surface area contributed by atoms with E-state index in [1.807, 2.05) is 0 Å². The summed E-state index contributed by atoms with van der Waals surface area (Å²) in [6.07, 6.45) is 0. The summed E-state index contributed by atoms with van der Waals surface area (Å²) in [5.41, 5.74) is 1.52. The molecule has 0 bridgehead atoms. The number of aromatic nitrogens is 2. The lowest BCUT2D eigenvalue weighted by Crippen LogP contribution is -2.09. The molecule has 0 aliphatic heterocycles. The predicted molar refractivity (Wildman–Crippen MR) is 69.0 cm³/mol. The van der Waals surface area contributed by atoms with Gasteiger partial charge < -0.3 is 0 Å². The number of hydrogen-bond donors (Lipinski definition) is 0. The van der Waals surface area contributed by atoms with Crippen LogP contribution in [0.1, 0.15) is 27.3 Å². The highest BCUT2D eigenvalue weighted by Crippen LogP contribution is 2.20. The molecule has 0 aliphatic carbocycles. The van der Waals surface area contributed by atoms with Crippen molar-refractivity contribution in [2.45, 2.75) is 13.8 Å². The van der Waals surface area contributed by atoms with Crippen molar-refractivity contribution in [2.75, 3.05) is 0 Å². The maximum absolute atomic E-state index is 13.7. The Morgan fingerprint density at radius 3 is 2.61 bits per heavy atom. The van der Waals surface area contributed by atoms with Crippen LogP contribution in [-0.4, -0.2) is 16.0 Å². The Labute approximate surface area is 112 Å². The molecule has 0 fully saturated rings. The van der Waals surface area contributed by atoms with Gasteiger partial charge in [0.15, 0.2) is 5.78 Å². The minimum absolute atomic E-state index is 0.0277. The van der Waals surface area contributed by atoms with Crippen molar-refractivity contribution in [3.8, 4) is 0 Å². The summed E-state index contributed by atoms with van der Waals surface area (Å²) in [5, 5.41) is 7.72. The van der Waals surface area contributed by atoms with E-state index in [1.54, 1.807) is 26.0 Å². The Morgan fingerprint density at radius 1 is 1.17 bits per heavy atom. The SMILES string of the molecule is Cc1cc(C(=O)c2cc(Br)ccc2F)c(C)nn1. The van der Waals surface area contributed by atoms with E-state index in [1.165, 1.54) is 12.1 Å². The molecule has 1 aromatic carbocycles. The Balaban J connectivity index is 2.54. The van der Waals surface area contributed by atoms with Gasteiger partial charge in [-0.3, -0.25) is 4.79 Å². The first-order valence-corrected chi connectivity index (χ1v) is 6.09. The van der Waals surface area contributed by atoms with Crippen LogP contribution in [0, 0.1) is 19.7 Å². The number of hydrogen-bond acceptors (Lipinski definition) is 3. The smallest absolute Gasteiger partial charge is 0.197 e. The normalized spacial score (nSPS) is 10.4.